The van der Waals surface area contributed by atoms with Crippen LogP contribution in [0.25, 0.3) is 0 Å². The van der Waals surface area contributed by atoms with E-state index < -0.39 is 0 Å². The molecule has 0 unspecified atom stereocenters. The van der Waals surface area contributed by atoms with E-state index in [9.17, 15) is 9.59 Å². The molecule has 1 aromatic heterocycles. The van der Waals surface area contributed by atoms with Gasteiger partial charge in [0.25, 0.3) is 5.91 Å². The number of hydrazine groups is 1. The van der Waals surface area contributed by atoms with E-state index in [-0.39, 0.29) is 24.8 Å². The van der Waals surface area contributed by atoms with E-state index >= 15 is 0 Å². The van der Waals surface area contributed by atoms with Gasteiger partial charge in [-0.2, -0.15) is 0 Å². The van der Waals surface area contributed by atoms with Crippen molar-refractivity contribution in [2.45, 2.75) is 13.3 Å². The molecular formula is C13H21N5O3. The number of pyridine rings is 1. The Labute approximate surface area is 123 Å². The van der Waals surface area contributed by atoms with E-state index in [4.69, 9.17) is 10.6 Å². The number of nitrogen functional groups attached to an aromatic ring is 1. The summed E-state index contributed by atoms with van der Waals surface area (Å²) < 4.78 is 4.82. The standard InChI is InChI=1S/C13H21N5O3/c1-9-7-11(18-14)10(8-17-9)13(20)16-4-3-12(19)15-5-6-21-2/h7-8H,3-6,14H2,1-2H3,(H,15,19)(H,16,20)(H,17,18). The molecule has 0 aromatic carbocycles. The van der Waals surface area contributed by atoms with Gasteiger partial charge in [-0.15, -0.1) is 0 Å². The van der Waals surface area contributed by atoms with Gasteiger partial charge in [-0.1, -0.05) is 0 Å². The van der Waals surface area contributed by atoms with Crippen molar-refractivity contribution in [2.24, 2.45) is 5.84 Å². The normalized spacial score (nSPS) is 10.0. The van der Waals surface area contributed by atoms with Gasteiger partial charge in [0.2, 0.25) is 5.91 Å². The minimum absolute atomic E-state index is 0.147. The maximum atomic E-state index is 12.0. The molecule has 0 fully saturated rings. The number of carbonyl (C=O) groups is 2. The summed E-state index contributed by atoms with van der Waals surface area (Å²) in [6, 6.07) is 1.67. The molecule has 0 bridgehead atoms. The lowest BCUT2D eigenvalue weighted by molar-refractivity contribution is -0.121. The lowest BCUT2D eigenvalue weighted by Crippen LogP contribution is -2.32. The number of hydrogen-bond donors (Lipinski definition) is 4. The molecule has 0 spiro atoms. The average Bonchev–Trinajstić information content (AvgIpc) is 2.47. The van der Waals surface area contributed by atoms with Gasteiger partial charge in [-0.05, 0) is 13.0 Å². The van der Waals surface area contributed by atoms with Gasteiger partial charge in [-0.3, -0.25) is 20.4 Å². The Morgan fingerprint density at radius 1 is 1.33 bits per heavy atom. The number of ether oxygens (including phenoxy) is 1. The Bertz CT molecular complexity index is 493. The summed E-state index contributed by atoms with van der Waals surface area (Å²) in [5, 5.41) is 5.32. The van der Waals surface area contributed by atoms with Crippen LogP contribution >= 0.6 is 0 Å². The zero-order valence-corrected chi connectivity index (χ0v) is 12.2. The van der Waals surface area contributed by atoms with Crippen LogP contribution in [0.3, 0.4) is 0 Å². The number of nitrogens with two attached hydrogens (primary N) is 1. The van der Waals surface area contributed by atoms with Crippen LogP contribution < -0.4 is 21.9 Å². The van der Waals surface area contributed by atoms with Crippen LogP contribution in [0.5, 0.6) is 0 Å². The molecule has 1 heterocycles. The van der Waals surface area contributed by atoms with E-state index in [2.05, 4.69) is 21.0 Å². The predicted molar refractivity (Wildman–Crippen MR) is 78.6 cm³/mol. The summed E-state index contributed by atoms with van der Waals surface area (Å²) in [7, 11) is 1.56. The fourth-order valence-corrected chi connectivity index (χ4v) is 1.63. The maximum Gasteiger partial charge on any atom is 0.255 e. The van der Waals surface area contributed by atoms with Crippen molar-refractivity contribution in [3.05, 3.63) is 23.5 Å². The van der Waals surface area contributed by atoms with Crippen LogP contribution in [0.1, 0.15) is 22.5 Å². The Morgan fingerprint density at radius 3 is 2.76 bits per heavy atom. The zero-order valence-electron chi connectivity index (χ0n) is 12.2. The highest BCUT2D eigenvalue weighted by Gasteiger charge is 2.12. The van der Waals surface area contributed by atoms with Crippen molar-refractivity contribution in [2.75, 3.05) is 32.2 Å². The molecule has 8 nitrogen and oxygen atoms in total. The highest BCUT2D eigenvalue weighted by molar-refractivity contribution is 5.99. The molecule has 8 heteroatoms. The lowest BCUT2D eigenvalue weighted by atomic mass is 10.2. The third-order valence-electron chi connectivity index (χ3n) is 2.71. The van der Waals surface area contributed by atoms with Crippen LogP contribution in [0.4, 0.5) is 5.69 Å². The predicted octanol–water partition coefficient (Wildman–Crippen LogP) is -0.442. The first-order valence-corrected chi connectivity index (χ1v) is 6.55. The van der Waals surface area contributed by atoms with Crippen molar-refractivity contribution >= 4 is 17.5 Å². The van der Waals surface area contributed by atoms with Crippen molar-refractivity contribution < 1.29 is 14.3 Å². The number of amides is 2. The van der Waals surface area contributed by atoms with Gasteiger partial charge in [-0.25, -0.2) is 0 Å². The fraction of sp³-hybridized carbons (Fsp3) is 0.462. The number of aryl methyl sites for hydroxylation is 1. The van der Waals surface area contributed by atoms with E-state index in [0.717, 1.165) is 5.69 Å². The highest BCUT2D eigenvalue weighted by atomic mass is 16.5. The van der Waals surface area contributed by atoms with Crippen LogP contribution in [0.2, 0.25) is 0 Å². The maximum absolute atomic E-state index is 12.0. The van der Waals surface area contributed by atoms with E-state index in [1.54, 1.807) is 20.1 Å². The van der Waals surface area contributed by atoms with Gasteiger partial charge in [0.05, 0.1) is 17.9 Å². The number of nitrogens with zero attached hydrogens (tertiary/aromatic N) is 1. The van der Waals surface area contributed by atoms with Gasteiger partial charge in [0.1, 0.15) is 0 Å². The molecule has 21 heavy (non-hydrogen) atoms. The quantitative estimate of drug-likeness (QED) is 0.293. The summed E-state index contributed by atoms with van der Waals surface area (Å²) in [5.41, 5.74) is 4.03. The molecule has 0 saturated carbocycles. The van der Waals surface area contributed by atoms with Crippen molar-refractivity contribution in [3.8, 4) is 0 Å². The number of nitrogens with one attached hydrogen (secondary N) is 3. The summed E-state index contributed by atoms with van der Waals surface area (Å²) in [6.07, 6.45) is 1.64. The van der Waals surface area contributed by atoms with Crippen LogP contribution in [-0.4, -0.2) is 43.6 Å². The van der Waals surface area contributed by atoms with Crippen molar-refractivity contribution in [3.63, 3.8) is 0 Å². The highest BCUT2D eigenvalue weighted by Crippen LogP contribution is 2.13. The first-order chi connectivity index (χ1) is 10.1. The SMILES string of the molecule is COCCNC(=O)CCNC(=O)c1cnc(C)cc1NN. The zero-order chi connectivity index (χ0) is 15.7. The summed E-state index contributed by atoms with van der Waals surface area (Å²) in [4.78, 5) is 27.5. The van der Waals surface area contributed by atoms with Crippen LogP contribution in [0.15, 0.2) is 12.3 Å². The largest absolute Gasteiger partial charge is 0.383 e. The third kappa shape index (κ3) is 5.76. The molecule has 1 aromatic rings. The molecule has 1 rings (SSSR count). The number of hydrogen-bond acceptors (Lipinski definition) is 6. The number of methoxy groups -OCH3 is 1. The second-order valence-electron chi connectivity index (χ2n) is 4.36. The van der Waals surface area contributed by atoms with Crippen molar-refractivity contribution in [1.29, 1.82) is 0 Å². The average molecular weight is 295 g/mol. The molecule has 0 atom stereocenters. The number of aromatic nitrogens is 1. The molecule has 0 aliphatic rings. The Hall–Kier alpha value is -2.19. The summed E-state index contributed by atoms with van der Waals surface area (Å²) in [5.74, 6) is 4.89. The van der Waals surface area contributed by atoms with Crippen LogP contribution in [0, 0.1) is 6.92 Å². The van der Waals surface area contributed by atoms with E-state index in [1.807, 2.05) is 0 Å². The summed E-state index contributed by atoms with van der Waals surface area (Å²) in [6.45, 7) is 2.94. The van der Waals surface area contributed by atoms with Gasteiger partial charge in [0, 0.05) is 38.5 Å². The molecule has 116 valence electrons. The summed E-state index contributed by atoms with van der Waals surface area (Å²) >= 11 is 0. The van der Waals surface area contributed by atoms with Gasteiger partial charge < -0.3 is 20.8 Å². The number of carbonyl (C=O) groups excluding carboxylic acids is 2. The van der Waals surface area contributed by atoms with Crippen molar-refractivity contribution in [1.82, 2.24) is 15.6 Å². The second kappa shape index (κ2) is 8.88. The lowest BCUT2D eigenvalue weighted by Gasteiger charge is -2.10. The minimum Gasteiger partial charge on any atom is -0.383 e. The monoisotopic (exact) mass is 295 g/mol. The molecule has 0 radical (unpaired) electrons. The number of rotatable bonds is 8. The molecular weight excluding hydrogens is 274 g/mol. The first kappa shape index (κ1) is 16.9. The van der Waals surface area contributed by atoms with E-state index in [0.29, 0.717) is 24.4 Å². The molecule has 5 N–H and O–H groups in total. The Morgan fingerprint density at radius 2 is 2.10 bits per heavy atom. The Balaban J connectivity index is 2.42. The first-order valence-electron chi connectivity index (χ1n) is 6.55. The minimum atomic E-state index is -0.333. The second-order valence-corrected chi connectivity index (χ2v) is 4.36. The molecule has 2 amide bonds. The van der Waals surface area contributed by atoms with Gasteiger partial charge >= 0.3 is 0 Å². The third-order valence-corrected chi connectivity index (χ3v) is 2.71. The fourth-order valence-electron chi connectivity index (χ4n) is 1.63. The van der Waals surface area contributed by atoms with E-state index in [1.165, 1.54) is 6.20 Å². The van der Waals surface area contributed by atoms with Crippen LogP contribution in [-0.2, 0) is 9.53 Å². The smallest absolute Gasteiger partial charge is 0.255 e. The molecule has 0 saturated heterocycles. The topological polar surface area (TPSA) is 118 Å². The van der Waals surface area contributed by atoms with Gasteiger partial charge in [0.15, 0.2) is 0 Å². The molecule has 0 aliphatic carbocycles. The molecule has 0 aliphatic heterocycles. The number of anilines is 1. The Kier molecular flexibility index (Phi) is 7.13.